The second-order valence-corrected chi connectivity index (χ2v) is 3.34. The van der Waals surface area contributed by atoms with E-state index in [1.807, 2.05) is 13.8 Å². The molecule has 1 atom stereocenters. The fourth-order valence-corrected chi connectivity index (χ4v) is 0.471. The summed E-state index contributed by atoms with van der Waals surface area (Å²) in [5.41, 5.74) is 0. The van der Waals surface area contributed by atoms with Gasteiger partial charge < -0.3 is 0 Å². The quantitative estimate of drug-likeness (QED) is 0.544. The minimum absolute atomic E-state index is 0.866. The first kappa shape index (κ1) is 17.9. The Hall–Kier alpha value is 0. The molecule has 0 N–H and O–H groups in total. The molecule has 0 saturated carbocycles. The standard InChI is InChI=1S/C7H16.C3H8.C2H6/c1-5-7(4)6(2)3;1-3-2;1-2/h6-7H,5H2,1-4H3;3H2,1-2H3;1-2H3. The number of hydrogen-bond acceptors (Lipinski definition) is 0. The molecular weight excluding hydrogens is 144 g/mol. The van der Waals surface area contributed by atoms with Gasteiger partial charge in [0.25, 0.3) is 0 Å². The van der Waals surface area contributed by atoms with E-state index in [0.29, 0.717) is 0 Å². The van der Waals surface area contributed by atoms with Crippen molar-refractivity contribution in [2.75, 3.05) is 0 Å². The maximum Gasteiger partial charge on any atom is -0.0422 e. The molecule has 0 nitrogen and oxygen atoms in total. The van der Waals surface area contributed by atoms with E-state index in [-0.39, 0.29) is 0 Å². The Labute approximate surface area is 80.8 Å². The minimum atomic E-state index is 0.866. The summed E-state index contributed by atoms with van der Waals surface area (Å²) in [7, 11) is 0. The van der Waals surface area contributed by atoms with Crippen molar-refractivity contribution in [2.45, 2.75) is 68.2 Å². The van der Waals surface area contributed by atoms with Crippen LogP contribution in [0.4, 0.5) is 0 Å². The Morgan fingerprint density at radius 3 is 1.08 bits per heavy atom. The summed E-state index contributed by atoms with van der Waals surface area (Å²) < 4.78 is 0. The molecular formula is C12H30. The average Bonchev–Trinajstić information content (AvgIpc) is 2.08. The van der Waals surface area contributed by atoms with Crippen LogP contribution in [0.1, 0.15) is 68.2 Å². The van der Waals surface area contributed by atoms with Crippen LogP contribution in [0.15, 0.2) is 0 Å². The van der Waals surface area contributed by atoms with E-state index >= 15 is 0 Å². The molecule has 0 aromatic carbocycles. The third-order valence-corrected chi connectivity index (χ3v) is 1.78. The van der Waals surface area contributed by atoms with Crippen LogP contribution in [0.3, 0.4) is 0 Å². The van der Waals surface area contributed by atoms with Gasteiger partial charge in [-0.15, -0.1) is 0 Å². The Bertz CT molecular complexity index is 46.0. The van der Waals surface area contributed by atoms with Gasteiger partial charge in [0.05, 0.1) is 0 Å². The first-order valence-corrected chi connectivity index (χ1v) is 5.59. The van der Waals surface area contributed by atoms with Crippen molar-refractivity contribution >= 4 is 0 Å². The molecule has 0 aliphatic rings. The van der Waals surface area contributed by atoms with Gasteiger partial charge in [-0.2, -0.15) is 0 Å². The van der Waals surface area contributed by atoms with Gasteiger partial charge in [-0.05, 0) is 11.8 Å². The van der Waals surface area contributed by atoms with Crippen LogP contribution in [0.5, 0.6) is 0 Å². The van der Waals surface area contributed by atoms with E-state index in [2.05, 4.69) is 41.5 Å². The van der Waals surface area contributed by atoms with Gasteiger partial charge in [0.15, 0.2) is 0 Å². The lowest BCUT2D eigenvalue weighted by Gasteiger charge is -2.10. The highest BCUT2D eigenvalue weighted by molar-refractivity contribution is 4.52. The molecule has 12 heavy (non-hydrogen) atoms. The van der Waals surface area contributed by atoms with Crippen LogP contribution in [-0.2, 0) is 0 Å². The van der Waals surface area contributed by atoms with Gasteiger partial charge in [0, 0.05) is 0 Å². The molecule has 78 valence electrons. The molecule has 0 heteroatoms. The third-order valence-electron chi connectivity index (χ3n) is 1.78. The zero-order valence-electron chi connectivity index (χ0n) is 10.6. The predicted octanol–water partition coefficient (Wildman–Crippen LogP) is 5.13. The Kier molecular flexibility index (Phi) is 25.7. The van der Waals surface area contributed by atoms with Crippen LogP contribution in [0.25, 0.3) is 0 Å². The topological polar surface area (TPSA) is 0 Å². The van der Waals surface area contributed by atoms with E-state index < -0.39 is 0 Å². The monoisotopic (exact) mass is 174 g/mol. The lowest BCUT2D eigenvalue weighted by Crippen LogP contribution is -2.00. The van der Waals surface area contributed by atoms with Crippen LogP contribution >= 0.6 is 0 Å². The van der Waals surface area contributed by atoms with E-state index in [0.717, 1.165) is 11.8 Å². The summed E-state index contributed by atoms with van der Waals surface area (Å²) in [6, 6.07) is 0. The highest BCUT2D eigenvalue weighted by atomic mass is 14.1. The van der Waals surface area contributed by atoms with E-state index in [9.17, 15) is 0 Å². The molecule has 0 rings (SSSR count). The molecule has 0 aromatic rings. The SMILES string of the molecule is CC.CCC.CCC(C)C(C)C. The summed E-state index contributed by atoms with van der Waals surface area (Å²) in [4.78, 5) is 0. The first-order valence-electron chi connectivity index (χ1n) is 5.59. The van der Waals surface area contributed by atoms with Crippen molar-refractivity contribution in [1.82, 2.24) is 0 Å². The number of hydrogen-bond donors (Lipinski definition) is 0. The molecule has 0 fully saturated rings. The molecule has 0 aliphatic carbocycles. The highest BCUT2D eigenvalue weighted by Crippen LogP contribution is 2.11. The van der Waals surface area contributed by atoms with Crippen molar-refractivity contribution in [3.8, 4) is 0 Å². The molecule has 0 spiro atoms. The summed E-state index contributed by atoms with van der Waals surface area (Å²) in [6.45, 7) is 17.3. The fraction of sp³-hybridized carbons (Fsp3) is 1.00. The minimum Gasteiger partial charge on any atom is -0.0683 e. The lowest BCUT2D eigenvalue weighted by atomic mass is 9.96. The van der Waals surface area contributed by atoms with Gasteiger partial charge in [0.1, 0.15) is 0 Å². The van der Waals surface area contributed by atoms with E-state index in [4.69, 9.17) is 0 Å². The smallest absolute Gasteiger partial charge is 0.0422 e. The Morgan fingerprint density at radius 2 is 1.08 bits per heavy atom. The average molecular weight is 174 g/mol. The zero-order valence-corrected chi connectivity index (χ0v) is 10.6. The van der Waals surface area contributed by atoms with Gasteiger partial charge in [0.2, 0.25) is 0 Å². The maximum atomic E-state index is 2.30. The van der Waals surface area contributed by atoms with Crippen LogP contribution in [0, 0.1) is 11.8 Å². The molecule has 1 unspecified atom stereocenters. The van der Waals surface area contributed by atoms with Crippen molar-refractivity contribution in [3.05, 3.63) is 0 Å². The second kappa shape index (κ2) is 17.2. The van der Waals surface area contributed by atoms with Crippen LogP contribution < -0.4 is 0 Å². The van der Waals surface area contributed by atoms with Crippen molar-refractivity contribution in [1.29, 1.82) is 0 Å². The fourth-order valence-electron chi connectivity index (χ4n) is 0.471. The van der Waals surface area contributed by atoms with Crippen LogP contribution in [0.2, 0.25) is 0 Å². The molecule has 0 aliphatic heterocycles. The van der Waals surface area contributed by atoms with Crippen molar-refractivity contribution < 1.29 is 0 Å². The summed E-state index contributed by atoms with van der Waals surface area (Å²) in [6.07, 6.45) is 2.57. The molecule has 0 saturated heterocycles. The molecule has 0 heterocycles. The molecule has 0 amide bonds. The highest BCUT2D eigenvalue weighted by Gasteiger charge is 2.01. The van der Waals surface area contributed by atoms with Gasteiger partial charge in [-0.3, -0.25) is 0 Å². The molecule has 0 aromatic heterocycles. The van der Waals surface area contributed by atoms with E-state index in [1.165, 1.54) is 12.8 Å². The van der Waals surface area contributed by atoms with Gasteiger partial charge >= 0.3 is 0 Å². The predicted molar refractivity (Wildman–Crippen MR) is 61.6 cm³/mol. The summed E-state index contributed by atoms with van der Waals surface area (Å²) >= 11 is 0. The molecule has 0 radical (unpaired) electrons. The normalized spacial score (nSPS) is 10.8. The number of rotatable bonds is 2. The molecule has 0 bridgehead atoms. The van der Waals surface area contributed by atoms with Gasteiger partial charge in [-0.25, -0.2) is 0 Å². The second-order valence-electron chi connectivity index (χ2n) is 3.34. The van der Waals surface area contributed by atoms with E-state index in [1.54, 1.807) is 0 Å². The maximum absolute atomic E-state index is 2.30. The summed E-state index contributed by atoms with van der Waals surface area (Å²) in [5.74, 6) is 1.77. The van der Waals surface area contributed by atoms with Crippen molar-refractivity contribution in [3.63, 3.8) is 0 Å². The van der Waals surface area contributed by atoms with Crippen LogP contribution in [-0.4, -0.2) is 0 Å². The Morgan fingerprint density at radius 1 is 0.833 bits per heavy atom. The largest absolute Gasteiger partial charge is 0.0683 e. The Balaban J connectivity index is -0.000000137. The summed E-state index contributed by atoms with van der Waals surface area (Å²) in [5, 5.41) is 0. The van der Waals surface area contributed by atoms with Gasteiger partial charge in [-0.1, -0.05) is 68.2 Å². The first-order chi connectivity index (χ1) is 5.59. The lowest BCUT2D eigenvalue weighted by molar-refractivity contribution is 0.407. The third kappa shape index (κ3) is 22.5. The van der Waals surface area contributed by atoms with Crippen molar-refractivity contribution in [2.24, 2.45) is 11.8 Å². The zero-order chi connectivity index (χ0) is 10.6.